The lowest BCUT2D eigenvalue weighted by Gasteiger charge is -2.14. The van der Waals surface area contributed by atoms with Crippen LogP contribution in [0.4, 0.5) is 0 Å². The minimum atomic E-state index is -0.139. The molecule has 2 heterocycles. The van der Waals surface area contributed by atoms with Crippen molar-refractivity contribution >= 4 is 22.4 Å². The maximum absolute atomic E-state index is 12.5. The van der Waals surface area contributed by atoms with Crippen LogP contribution in [0, 0.1) is 0 Å². The van der Waals surface area contributed by atoms with E-state index in [2.05, 4.69) is 0 Å². The number of rotatable bonds is 1. The van der Waals surface area contributed by atoms with E-state index in [0.29, 0.717) is 23.4 Å². The van der Waals surface area contributed by atoms with Gasteiger partial charge in [-0.25, -0.2) is 0 Å². The zero-order valence-corrected chi connectivity index (χ0v) is 11.9. The fraction of sp³-hybridized carbons (Fsp3) is 0.118. The Labute approximate surface area is 126 Å². The van der Waals surface area contributed by atoms with E-state index in [1.54, 1.807) is 12.1 Å². The molecule has 0 saturated carbocycles. The maximum Gasteiger partial charge on any atom is 0.291 e. The third kappa shape index (κ3) is 1.78. The minimum Gasteiger partial charge on any atom is -0.410 e. The van der Waals surface area contributed by atoms with Crippen molar-refractivity contribution in [1.82, 2.24) is 4.73 Å². The number of fused-ring (bicyclic) bond motifs is 2. The van der Waals surface area contributed by atoms with Crippen LogP contribution in [0.3, 0.4) is 0 Å². The van der Waals surface area contributed by atoms with E-state index in [1.807, 2.05) is 36.4 Å². The predicted molar refractivity (Wildman–Crippen MR) is 83.8 cm³/mol. The zero-order valence-electron chi connectivity index (χ0n) is 11.2. The number of benzene rings is 2. The lowest BCUT2D eigenvalue weighted by Crippen LogP contribution is -2.25. The van der Waals surface area contributed by atoms with Crippen LogP contribution in [0.15, 0.2) is 53.3 Å². The molecule has 0 N–H and O–H groups in total. The molecule has 1 aromatic heterocycles. The van der Waals surface area contributed by atoms with Gasteiger partial charge in [0.25, 0.3) is 5.56 Å². The monoisotopic (exact) mass is 297 g/mol. The van der Waals surface area contributed by atoms with Gasteiger partial charge in [0.15, 0.2) is 0 Å². The first-order chi connectivity index (χ1) is 10.3. The van der Waals surface area contributed by atoms with E-state index in [-0.39, 0.29) is 5.56 Å². The van der Waals surface area contributed by atoms with Gasteiger partial charge in [-0.1, -0.05) is 48.0 Å². The third-order valence-electron chi connectivity index (χ3n) is 3.83. The van der Waals surface area contributed by atoms with Crippen LogP contribution in [-0.2, 0) is 6.42 Å². The average molecular weight is 298 g/mol. The van der Waals surface area contributed by atoms with Crippen LogP contribution in [0.1, 0.15) is 5.69 Å². The number of halogens is 1. The van der Waals surface area contributed by atoms with Crippen molar-refractivity contribution in [2.75, 3.05) is 6.61 Å². The Morgan fingerprint density at radius 1 is 1.05 bits per heavy atom. The van der Waals surface area contributed by atoms with Crippen molar-refractivity contribution in [2.24, 2.45) is 0 Å². The molecule has 0 fully saturated rings. The largest absolute Gasteiger partial charge is 0.410 e. The molecule has 3 nitrogen and oxygen atoms in total. The van der Waals surface area contributed by atoms with E-state index in [0.717, 1.165) is 22.2 Å². The van der Waals surface area contributed by atoms with Gasteiger partial charge in [0.05, 0.1) is 11.1 Å². The standard InChI is InChI=1S/C17H12ClNO2/c18-13-8-4-7-12-16(13)15(11-5-2-1-3-6-11)14-9-10-21-19(14)17(12)20/h1-8H,9-10H2. The summed E-state index contributed by atoms with van der Waals surface area (Å²) in [5.74, 6) is 0. The zero-order chi connectivity index (χ0) is 14.4. The highest BCUT2D eigenvalue weighted by molar-refractivity contribution is 6.36. The lowest BCUT2D eigenvalue weighted by molar-refractivity contribution is 0.143. The van der Waals surface area contributed by atoms with Crippen molar-refractivity contribution < 1.29 is 4.84 Å². The van der Waals surface area contributed by atoms with E-state index in [9.17, 15) is 4.79 Å². The normalized spacial score (nSPS) is 13.2. The van der Waals surface area contributed by atoms with E-state index in [1.165, 1.54) is 4.73 Å². The summed E-state index contributed by atoms with van der Waals surface area (Å²) in [5.41, 5.74) is 2.80. The second kappa shape index (κ2) is 4.64. The number of aromatic nitrogens is 1. The fourth-order valence-electron chi connectivity index (χ4n) is 2.95. The summed E-state index contributed by atoms with van der Waals surface area (Å²) in [6, 6.07) is 15.4. The van der Waals surface area contributed by atoms with Crippen LogP contribution in [0.5, 0.6) is 0 Å². The second-order valence-corrected chi connectivity index (χ2v) is 5.44. The van der Waals surface area contributed by atoms with Gasteiger partial charge in [-0.15, -0.1) is 4.73 Å². The Bertz CT molecular complexity index is 900. The molecule has 21 heavy (non-hydrogen) atoms. The van der Waals surface area contributed by atoms with Crippen LogP contribution in [0.2, 0.25) is 5.02 Å². The summed E-state index contributed by atoms with van der Waals surface area (Å²) in [4.78, 5) is 18.0. The number of hydrogen-bond donors (Lipinski definition) is 0. The summed E-state index contributed by atoms with van der Waals surface area (Å²) < 4.78 is 1.42. The van der Waals surface area contributed by atoms with Crippen molar-refractivity contribution in [3.05, 3.63) is 69.6 Å². The molecule has 3 aromatic rings. The fourth-order valence-corrected chi connectivity index (χ4v) is 3.22. The molecule has 0 bridgehead atoms. The topological polar surface area (TPSA) is 31.2 Å². The molecule has 2 aromatic carbocycles. The number of nitrogens with zero attached hydrogens (tertiary/aromatic N) is 1. The molecule has 0 spiro atoms. The van der Waals surface area contributed by atoms with E-state index < -0.39 is 0 Å². The first-order valence-corrected chi connectivity index (χ1v) is 7.20. The van der Waals surface area contributed by atoms with Crippen molar-refractivity contribution in [2.45, 2.75) is 6.42 Å². The summed E-state index contributed by atoms with van der Waals surface area (Å²) in [6.45, 7) is 0.517. The Morgan fingerprint density at radius 3 is 2.67 bits per heavy atom. The molecule has 104 valence electrons. The number of hydrogen-bond acceptors (Lipinski definition) is 2. The molecule has 0 amide bonds. The highest BCUT2D eigenvalue weighted by atomic mass is 35.5. The molecule has 4 heteroatoms. The molecule has 0 saturated heterocycles. The molecule has 4 rings (SSSR count). The lowest BCUT2D eigenvalue weighted by atomic mass is 9.96. The molecular formula is C17H12ClNO2. The smallest absolute Gasteiger partial charge is 0.291 e. The molecule has 0 unspecified atom stereocenters. The molecule has 0 radical (unpaired) electrons. The summed E-state index contributed by atoms with van der Waals surface area (Å²) in [5, 5.41) is 2.00. The summed E-state index contributed by atoms with van der Waals surface area (Å²) in [6.07, 6.45) is 0.709. The van der Waals surface area contributed by atoms with Gasteiger partial charge >= 0.3 is 0 Å². The van der Waals surface area contributed by atoms with Crippen LogP contribution in [-0.4, -0.2) is 11.3 Å². The molecular weight excluding hydrogens is 286 g/mol. The van der Waals surface area contributed by atoms with Gasteiger partial charge in [-0.3, -0.25) is 4.79 Å². The Morgan fingerprint density at radius 2 is 1.86 bits per heavy atom. The minimum absolute atomic E-state index is 0.139. The van der Waals surface area contributed by atoms with Crippen LogP contribution in [0.25, 0.3) is 21.9 Å². The van der Waals surface area contributed by atoms with Gasteiger partial charge in [-0.2, -0.15) is 0 Å². The van der Waals surface area contributed by atoms with Gasteiger partial charge in [0.1, 0.15) is 6.61 Å². The summed E-state index contributed by atoms with van der Waals surface area (Å²) >= 11 is 6.40. The van der Waals surface area contributed by atoms with Crippen molar-refractivity contribution in [3.63, 3.8) is 0 Å². The first kappa shape index (κ1) is 12.5. The second-order valence-electron chi connectivity index (χ2n) is 5.03. The van der Waals surface area contributed by atoms with E-state index in [4.69, 9.17) is 16.4 Å². The highest BCUT2D eigenvalue weighted by Gasteiger charge is 2.23. The molecule has 0 atom stereocenters. The first-order valence-electron chi connectivity index (χ1n) is 6.82. The Balaban J connectivity index is 2.24. The maximum atomic E-state index is 12.5. The predicted octanol–water partition coefficient (Wildman–Crippen LogP) is 3.31. The SMILES string of the molecule is O=c1c2cccc(Cl)c2c(-c2ccccc2)c2n1OCC2. The van der Waals surface area contributed by atoms with Crippen molar-refractivity contribution in [1.29, 1.82) is 0 Å². The van der Waals surface area contributed by atoms with Gasteiger partial charge < -0.3 is 4.84 Å². The molecule has 0 aliphatic carbocycles. The Hall–Kier alpha value is -2.26. The molecule has 1 aliphatic heterocycles. The molecule has 1 aliphatic rings. The van der Waals surface area contributed by atoms with Crippen molar-refractivity contribution in [3.8, 4) is 11.1 Å². The van der Waals surface area contributed by atoms with Gasteiger partial charge in [-0.05, 0) is 17.7 Å². The number of pyridine rings is 1. The average Bonchev–Trinajstić information content (AvgIpc) is 2.99. The van der Waals surface area contributed by atoms with Crippen LogP contribution < -0.4 is 10.4 Å². The Kier molecular flexibility index (Phi) is 2.76. The highest BCUT2D eigenvalue weighted by Crippen LogP contribution is 2.35. The summed E-state index contributed by atoms with van der Waals surface area (Å²) in [7, 11) is 0. The van der Waals surface area contributed by atoms with Gasteiger partial charge in [0.2, 0.25) is 0 Å². The van der Waals surface area contributed by atoms with Crippen LogP contribution >= 0.6 is 11.6 Å². The third-order valence-corrected chi connectivity index (χ3v) is 4.15. The van der Waals surface area contributed by atoms with Gasteiger partial charge in [0, 0.05) is 22.4 Å². The van der Waals surface area contributed by atoms with E-state index >= 15 is 0 Å². The quantitative estimate of drug-likeness (QED) is 0.690.